The molecule has 0 unspecified atom stereocenters. The first-order valence-electron chi connectivity index (χ1n) is 8.17. The minimum Gasteiger partial charge on any atom is -0.492 e. The van der Waals surface area contributed by atoms with Crippen LogP contribution in [0.5, 0.6) is 11.5 Å². The first-order valence-corrected chi connectivity index (χ1v) is 8.17. The minimum atomic E-state index is -0.550. The van der Waals surface area contributed by atoms with Crippen molar-refractivity contribution < 1.29 is 14.3 Å². The van der Waals surface area contributed by atoms with Crippen molar-refractivity contribution in [2.45, 2.75) is 33.8 Å². The van der Waals surface area contributed by atoms with Gasteiger partial charge in [0.05, 0.1) is 6.54 Å². The fourth-order valence-electron chi connectivity index (χ4n) is 2.17. The van der Waals surface area contributed by atoms with Gasteiger partial charge in [0.15, 0.2) is 6.10 Å². The van der Waals surface area contributed by atoms with Crippen LogP contribution in [0.25, 0.3) is 0 Å². The van der Waals surface area contributed by atoms with E-state index in [1.54, 1.807) is 6.92 Å². The highest BCUT2D eigenvalue weighted by Gasteiger charge is 2.14. The largest absolute Gasteiger partial charge is 0.492 e. The van der Waals surface area contributed by atoms with Gasteiger partial charge in [0.2, 0.25) is 0 Å². The molecule has 0 spiro atoms. The summed E-state index contributed by atoms with van der Waals surface area (Å²) in [7, 11) is 0. The van der Waals surface area contributed by atoms with E-state index < -0.39 is 6.10 Å². The van der Waals surface area contributed by atoms with Crippen LogP contribution in [0.4, 0.5) is 0 Å². The lowest BCUT2D eigenvalue weighted by Crippen LogP contribution is -2.38. The average molecular weight is 327 g/mol. The van der Waals surface area contributed by atoms with E-state index in [-0.39, 0.29) is 5.91 Å². The van der Waals surface area contributed by atoms with Crippen molar-refractivity contribution in [3.05, 3.63) is 59.2 Å². The Hall–Kier alpha value is -2.49. The molecule has 0 aromatic heterocycles. The number of benzene rings is 2. The second kappa shape index (κ2) is 8.39. The summed E-state index contributed by atoms with van der Waals surface area (Å²) < 4.78 is 11.3. The highest BCUT2D eigenvalue weighted by Crippen LogP contribution is 2.17. The van der Waals surface area contributed by atoms with Gasteiger partial charge in [-0.15, -0.1) is 0 Å². The molecule has 1 atom stereocenters. The van der Waals surface area contributed by atoms with Gasteiger partial charge in [0.1, 0.15) is 18.1 Å². The van der Waals surface area contributed by atoms with Crippen LogP contribution in [0.3, 0.4) is 0 Å². The Balaban J connectivity index is 1.73. The van der Waals surface area contributed by atoms with Crippen LogP contribution in [0.2, 0.25) is 0 Å². The molecule has 1 amide bonds. The molecule has 0 heterocycles. The number of nitrogens with one attached hydrogen (secondary N) is 1. The van der Waals surface area contributed by atoms with Gasteiger partial charge < -0.3 is 14.8 Å². The van der Waals surface area contributed by atoms with Gasteiger partial charge in [-0.3, -0.25) is 4.79 Å². The third kappa shape index (κ3) is 5.30. The van der Waals surface area contributed by atoms with E-state index in [0.717, 1.165) is 11.3 Å². The van der Waals surface area contributed by atoms with Crippen LogP contribution < -0.4 is 14.8 Å². The van der Waals surface area contributed by atoms with Crippen molar-refractivity contribution in [1.29, 1.82) is 0 Å². The van der Waals surface area contributed by atoms with Gasteiger partial charge in [-0.25, -0.2) is 0 Å². The lowest BCUT2D eigenvalue weighted by molar-refractivity contribution is -0.127. The van der Waals surface area contributed by atoms with Crippen LogP contribution in [0.15, 0.2) is 42.5 Å². The van der Waals surface area contributed by atoms with Crippen molar-refractivity contribution in [3.8, 4) is 11.5 Å². The molecule has 0 radical (unpaired) electrons. The number of carbonyl (C=O) groups excluding carboxylic acids is 1. The van der Waals surface area contributed by atoms with Crippen molar-refractivity contribution in [2.24, 2.45) is 0 Å². The number of hydrogen-bond donors (Lipinski definition) is 1. The number of amides is 1. The Bertz CT molecular complexity index is 680. The topological polar surface area (TPSA) is 47.6 Å². The number of carbonyl (C=O) groups is 1. The molecule has 2 aromatic rings. The molecule has 0 aliphatic heterocycles. The maximum atomic E-state index is 12.1. The summed E-state index contributed by atoms with van der Waals surface area (Å²) in [5.41, 5.74) is 3.53. The van der Waals surface area contributed by atoms with E-state index in [0.29, 0.717) is 18.9 Å². The third-order valence-corrected chi connectivity index (χ3v) is 3.85. The molecule has 0 aliphatic rings. The van der Waals surface area contributed by atoms with Gasteiger partial charge in [-0.1, -0.05) is 23.8 Å². The van der Waals surface area contributed by atoms with Gasteiger partial charge in [0.25, 0.3) is 5.91 Å². The fourth-order valence-corrected chi connectivity index (χ4v) is 2.17. The number of hydrogen-bond acceptors (Lipinski definition) is 3. The summed E-state index contributed by atoms with van der Waals surface area (Å²) in [5, 5.41) is 2.82. The quantitative estimate of drug-likeness (QED) is 0.791. The maximum Gasteiger partial charge on any atom is 0.260 e. The van der Waals surface area contributed by atoms with Gasteiger partial charge in [-0.05, 0) is 63.1 Å². The van der Waals surface area contributed by atoms with E-state index in [9.17, 15) is 4.79 Å². The Morgan fingerprint density at radius 1 is 1.00 bits per heavy atom. The van der Waals surface area contributed by atoms with Crippen LogP contribution in [0.1, 0.15) is 23.6 Å². The van der Waals surface area contributed by atoms with Crippen molar-refractivity contribution in [3.63, 3.8) is 0 Å². The molecule has 4 nitrogen and oxygen atoms in total. The average Bonchev–Trinajstić information content (AvgIpc) is 2.56. The Morgan fingerprint density at radius 2 is 1.67 bits per heavy atom. The molecule has 128 valence electrons. The molecular weight excluding hydrogens is 302 g/mol. The summed E-state index contributed by atoms with van der Waals surface area (Å²) >= 11 is 0. The maximum absolute atomic E-state index is 12.1. The SMILES string of the molecule is Cc1ccc(OCCNC(=O)[C@@H](C)Oc2ccc(C)c(C)c2)cc1. The number of rotatable bonds is 7. The van der Waals surface area contributed by atoms with Crippen LogP contribution >= 0.6 is 0 Å². The molecular formula is C20H25NO3. The van der Waals surface area contributed by atoms with Crippen molar-refractivity contribution in [2.75, 3.05) is 13.2 Å². The Labute approximate surface area is 143 Å². The predicted octanol–water partition coefficient (Wildman–Crippen LogP) is 3.57. The molecule has 2 rings (SSSR count). The zero-order valence-corrected chi connectivity index (χ0v) is 14.8. The lowest BCUT2D eigenvalue weighted by Gasteiger charge is -2.15. The van der Waals surface area contributed by atoms with Gasteiger partial charge in [0, 0.05) is 0 Å². The first-order chi connectivity index (χ1) is 11.5. The lowest BCUT2D eigenvalue weighted by atomic mass is 10.1. The normalized spacial score (nSPS) is 11.7. The van der Waals surface area contributed by atoms with E-state index in [1.165, 1.54) is 11.1 Å². The molecule has 0 bridgehead atoms. The van der Waals surface area contributed by atoms with E-state index >= 15 is 0 Å². The monoisotopic (exact) mass is 327 g/mol. The predicted molar refractivity (Wildman–Crippen MR) is 95.7 cm³/mol. The number of aryl methyl sites for hydroxylation is 3. The van der Waals surface area contributed by atoms with E-state index in [4.69, 9.17) is 9.47 Å². The minimum absolute atomic E-state index is 0.152. The molecule has 2 aromatic carbocycles. The van der Waals surface area contributed by atoms with Crippen LogP contribution in [-0.4, -0.2) is 25.2 Å². The Morgan fingerprint density at radius 3 is 2.33 bits per heavy atom. The van der Waals surface area contributed by atoms with Crippen molar-refractivity contribution in [1.82, 2.24) is 5.32 Å². The summed E-state index contributed by atoms with van der Waals surface area (Å²) in [6.45, 7) is 8.70. The van der Waals surface area contributed by atoms with Crippen LogP contribution in [0, 0.1) is 20.8 Å². The zero-order chi connectivity index (χ0) is 17.5. The number of ether oxygens (including phenoxy) is 2. The third-order valence-electron chi connectivity index (χ3n) is 3.85. The first kappa shape index (κ1) is 17.9. The zero-order valence-electron chi connectivity index (χ0n) is 14.8. The second-order valence-corrected chi connectivity index (χ2v) is 5.96. The molecule has 24 heavy (non-hydrogen) atoms. The summed E-state index contributed by atoms with van der Waals surface area (Å²) in [6, 6.07) is 13.6. The van der Waals surface area contributed by atoms with Gasteiger partial charge in [-0.2, -0.15) is 0 Å². The summed E-state index contributed by atoms with van der Waals surface area (Å²) in [4.78, 5) is 12.1. The highest BCUT2D eigenvalue weighted by molar-refractivity contribution is 5.80. The molecule has 4 heteroatoms. The smallest absolute Gasteiger partial charge is 0.260 e. The fraction of sp³-hybridized carbons (Fsp3) is 0.350. The standard InChI is InChI=1S/C20H25NO3/c1-14-5-8-18(9-6-14)23-12-11-21-20(22)17(4)24-19-10-7-15(2)16(3)13-19/h5-10,13,17H,11-12H2,1-4H3,(H,21,22)/t17-/m1/s1. The molecule has 0 fully saturated rings. The summed E-state index contributed by atoms with van der Waals surface area (Å²) in [6.07, 6.45) is -0.550. The summed E-state index contributed by atoms with van der Waals surface area (Å²) in [5.74, 6) is 1.35. The van der Waals surface area contributed by atoms with Crippen LogP contribution in [-0.2, 0) is 4.79 Å². The molecule has 0 saturated heterocycles. The Kier molecular flexibility index (Phi) is 6.24. The van der Waals surface area contributed by atoms with E-state index in [2.05, 4.69) is 5.32 Å². The second-order valence-electron chi connectivity index (χ2n) is 5.96. The van der Waals surface area contributed by atoms with Crippen molar-refractivity contribution >= 4 is 5.91 Å². The highest BCUT2D eigenvalue weighted by atomic mass is 16.5. The molecule has 0 saturated carbocycles. The molecule has 0 aliphatic carbocycles. The van der Waals surface area contributed by atoms with Gasteiger partial charge >= 0.3 is 0 Å². The van der Waals surface area contributed by atoms with E-state index in [1.807, 2.05) is 63.2 Å². The molecule has 1 N–H and O–H groups in total.